The first kappa shape index (κ1) is 27.7. The number of carboxylic acids is 1. The van der Waals surface area contributed by atoms with Gasteiger partial charge in [-0.15, -0.1) is 0 Å². The van der Waals surface area contributed by atoms with Crippen molar-refractivity contribution in [1.82, 2.24) is 0 Å². The van der Waals surface area contributed by atoms with Gasteiger partial charge in [0.2, 0.25) is 0 Å². The van der Waals surface area contributed by atoms with Crippen LogP contribution in [0.5, 0.6) is 11.5 Å². The molecule has 188 valence electrons. The van der Waals surface area contributed by atoms with Crippen molar-refractivity contribution in [2.24, 2.45) is 0 Å². The van der Waals surface area contributed by atoms with E-state index in [4.69, 9.17) is 9.47 Å². The molecule has 0 heterocycles. The SMILES string of the molecule is C[C@@H](O)CC(=O)Oc1cc(/C=C/c2ccc(C(C(=O)O)[C@@H](C)O)cc2)cc(OC(=O)C[C@@H](C)O)c1. The Balaban J connectivity index is 2.28. The molecule has 1 unspecified atom stereocenters. The molecule has 9 nitrogen and oxygen atoms in total. The number of carbonyl (C=O) groups excluding carboxylic acids is 2. The van der Waals surface area contributed by atoms with Crippen molar-refractivity contribution in [3.8, 4) is 11.5 Å². The molecule has 0 bridgehead atoms. The Morgan fingerprint density at radius 3 is 1.63 bits per heavy atom. The summed E-state index contributed by atoms with van der Waals surface area (Å²) in [5.41, 5.74) is 1.72. The molecule has 35 heavy (non-hydrogen) atoms. The van der Waals surface area contributed by atoms with Gasteiger partial charge in [-0.25, -0.2) is 0 Å². The van der Waals surface area contributed by atoms with Crippen LogP contribution in [0.2, 0.25) is 0 Å². The molecule has 0 saturated carbocycles. The Hall–Kier alpha value is -3.53. The maximum atomic E-state index is 12.0. The second-order valence-corrected chi connectivity index (χ2v) is 8.35. The highest BCUT2D eigenvalue weighted by Gasteiger charge is 2.24. The van der Waals surface area contributed by atoms with Gasteiger partial charge in [0.1, 0.15) is 17.4 Å². The highest BCUT2D eigenvalue weighted by atomic mass is 16.5. The number of aliphatic hydroxyl groups is 3. The van der Waals surface area contributed by atoms with Crippen molar-refractivity contribution in [1.29, 1.82) is 0 Å². The minimum Gasteiger partial charge on any atom is -0.481 e. The first-order valence-corrected chi connectivity index (χ1v) is 11.1. The van der Waals surface area contributed by atoms with Crippen LogP contribution in [0.25, 0.3) is 12.2 Å². The van der Waals surface area contributed by atoms with E-state index in [2.05, 4.69) is 0 Å². The number of rotatable bonds is 11. The summed E-state index contributed by atoms with van der Waals surface area (Å²) in [7, 11) is 0. The summed E-state index contributed by atoms with van der Waals surface area (Å²) in [5.74, 6) is -3.28. The van der Waals surface area contributed by atoms with Crippen LogP contribution >= 0.6 is 0 Å². The second kappa shape index (κ2) is 12.8. The van der Waals surface area contributed by atoms with Crippen LogP contribution in [0.4, 0.5) is 0 Å². The van der Waals surface area contributed by atoms with Gasteiger partial charge in [-0.2, -0.15) is 0 Å². The van der Waals surface area contributed by atoms with Gasteiger partial charge in [-0.3, -0.25) is 14.4 Å². The van der Waals surface area contributed by atoms with Crippen LogP contribution in [0.3, 0.4) is 0 Å². The van der Waals surface area contributed by atoms with Crippen molar-refractivity contribution in [2.45, 2.75) is 57.8 Å². The summed E-state index contributed by atoms with van der Waals surface area (Å²) in [5, 5.41) is 37.8. The van der Waals surface area contributed by atoms with E-state index in [0.717, 1.165) is 5.56 Å². The van der Waals surface area contributed by atoms with Crippen molar-refractivity contribution in [3.63, 3.8) is 0 Å². The van der Waals surface area contributed by atoms with Crippen LogP contribution in [0.1, 0.15) is 56.2 Å². The van der Waals surface area contributed by atoms with Gasteiger partial charge in [0.15, 0.2) is 0 Å². The molecule has 0 aliphatic carbocycles. The number of benzene rings is 2. The van der Waals surface area contributed by atoms with Gasteiger partial charge in [0.05, 0.1) is 31.2 Å². The first-order chi connectivity index (χ1) is 16.4. The summed E-state index contributed by atoms with van der Waals surface area (Å²) in [6.07, 6.45) is 0.151. The van der Waals surface area contributed by atoms with Crippen molar-refractivity contribution in [3.05, 3.63) is 59.2 Å². The number of hydrogen-bond acceptors (Lipinski definition) is 8. The highest BCUT2D eigenvalue weighted by molar-refractivity contribution is 5.78. The lowest BCUT2D eigenvalue weighted by Gasteiger charge is -2.15. The Kier molecular flexibility index (Phi) is 10.1. The molecular formula is C26H30O9. The third kappa shape index (κ3) is 9.32. The molecule has 0 amide bonds. The largest absolute Gasteiger partial charge is 0.481 e. The fourth-order valence-electron chi connectivity index (χ4n) is 3.27. The second-order valence-electron chi connectivity index (χ2n) is 8.35. The predicted molar refractivity (Wildman–Crippen MR) is 128 cm³/mol. The number of ether oxygens (including phenoxy) is 2. The predicted octanol–water partition coefficient (Wildman–Crippen LogP) is 2.76. The van der Waals surface area contributed by atoms with E-state index in [1.54, 1.807) is 48.6 Å². The number of carboxylic acid groups (broad SMARTS) is 1. The zero-order valence-electron chi connectivity index (χ0n) is 19.7. The van der Waals surface area contributed by atoms with E-state index >= 15 is 0 Å². The van der Waals surface area contributed by atoms with E-state index in [0.29, 0.717) is 11.1 Å². The first-order valence-electron chi connectivity index (χ1n) is 11.1. The standard InChI is InChI=1S/C26H30O9/c1-15(27)10-23(30)34-21-12-19(13-22(14-21)35-24(31)11-16(2)28)5-4-18-6-8-20(9-7-18)25(17(3)29)26(32)33/h4-9,12-17,25,27-29H,10-11H2,1-3H3,(H,32,33)/b5-4+/t15-,16-,17-,25?/m1/s1. The van der Waals surface area contributed by atoms with E-state index in [1.165, 1.54) is 26.8 Å². The van der Waals surface area contributed by atoms with Crippen LogP contribution in [-0.2, 0) is 14.4 Å². The Labute approximate surface area is 203 Å². The number of aliphatic hydroxyl groups excluding tert-OH is 3. The van der Waals surface area contributed by atoms with E-state index < -0.39 is 42.1 Å². The maximum Gasteiger partial charge on any atom is 0.313 e. The molecule has 0 aromatic heterocycles. The molecule has 4 N–H and O–H groups in total. The molecule has 9 heteroatoms. The van der Waals surface area contributed by atoms with Crippen LogP contribution in [0.15, 0.2) is 42.5 Å². The third-order valence-corrected chi connectivity index (χ3v) is 4.80. The van der Waals surface area contributed by atoms with Gasteiger partial charge in [-0.1, -0.05) is 36.4 Å². The quantitative estimate of drug-likeness (QED) is 0.213. The normalized spacial score (nSPS) is 14.7. The molecule has 2 rings (SSSR count). The summed E-state index contributed by atoms with van der Waals surface area (Å²) >= 11 is 0. The van der Waals surface area contributed by atoms with Crippen molar-refractivity contribution < 1.29 is 44.3 Å². The van der Waals surface area contributed by atoms with Gasteiger partial charge in [0, 0.05) is 6.07 Å². The molecule has 0 spiro atoms. The van der Waals surface area contributed by atoms with Crippen LogP contribution in [0, 0.1) is 0 Å². The molecule has 0 aliphatic heterocycles. The van der Waals surface area contributed by atoms with Gasteiger partial charge in [-0.05, 0) is 49.6 Å². The third-order valence-electron chi connectivity index (χ3n) is 4.80. The molecular weight excluding hydrogens is 456 g/mol. The average Bonchev–Trinajstić information content (AvgIpc) is 2.71. The van der Waals surface area contributed by atoms with Crippen LogP contribution < -0.4 is 9.47 Å². The summed E-state index contributed by atoms with van der Waals surface area (Å²) in [6.45, 7) is 4.32. The maximum absolute atomic E-state index is 12.0. The van der Waals surface area contributed by atoms with Gasteiger partial charge in [0.25, 0.3) is 0 Å². The molecule has 2 aromatic rings. The lowest BCUT2D eigenvalue weighted by molar-refractivity contribution is -0.141. The van der Waals surface area contributed by atoms with E-state index in [-0.39, 0.29) is 24.3 Å². The molecule has 0 fully saturated rings. The monoisotopic (exact) mass is 486 g/mol. The number of carbonyl (C=O) groups is 3. The zero-order chi connectivity index (χ0) is 26.1. The molecule has 0 saturated heterocycles. The summed E-state index contributed by atoms with van der Waals surface area (Å²) in [4.78, 5) is 35.3. The fraction of sp³-hybridized carbons (Fsp3) is 0.346. The number of hydrogen-bond donors (Lipinski definition) is 4. The Bertz CT molecular complexity index is 1010. The molecule has 2 aromatic carbocycles. The smallest absolute Gasteiger partial charge is 0.313 e. The molecule has 0 aliphatic rings. The van der Waals surface area contributed by atoms with E-state index in [9.17, 15) is 34.8 Å². The fourth-order valence-corrected chi connectivity index (χ4v) is 3.27. The number of esters is 2. The van der Waals surface area contributed by atoms with Crippen molar-refractivity contribution in [2.75, 3.05) is 0 Å². The summed E-state index contributed by atoms with van der Waals surface area (Å²) < 4.78 is 10.5. The lowest BCUT2D eigenvalue weighted by atomic mass is 9.93. The zero-order valence-corrected chi connectivity index (χ0v) is 19.7. The Morgan fingerprint density at radius 1 is 0.771 bits per heavy atom. The molecule has 4 atom stereocenters. The average molecular weight is 487 g/mol. The molecule has 0 radical (unpaired) electrons. The minimum atomic E-state index is -1.12. The Morgan fingerprint density at radius 2 is 1.23 bits per heavy atom. The topological polar surface area (TPSA) is 151 Å². The lowest BCUT2D eigenvalue weighted by Crippen LogP contribution is -2.23. The van der Waals surface area contributed by atoms with Crippen LogP contribution in [-0.4, -0.2) is 56.6 Å². The highest BCUT2D eigenvalue weighted by Crippen LogP contribution is 2.26. The van der Waals surface area contributed by atoms with Gasteiger partial charge < -0.3 is 29.9 Å². The van der Waals surface area contributed by atoms with E-state index in [1.807, 2.05) is 0 Å². The number of aliphatic carboxylic acids is 1. The summed E-state index contributed by atoms with van der Waals surface area (Å²) in [6, 6.07) is 11.1. The van der Waals surface area contributed by atoms with Gasteiger partial charge >= 0.3 is 17.9 Å². The minimum absolute atomic E-state index is 0.106. The van der Waals surface area contributed by atoms with Crippen molar-refractivity contribution >= 4 is 30.1 Å².